The Kier molecular flexibility index (Phi) is 3.35. The zero-order valence-electron chi connectivity index (χ0n) is 11.7. The molecule has 0 aliphatic carbocycles. The Bertz CT molecular complexity index is 854. The van der Waals surface area contributed by atoms with E-state index in [1.807, 2.05) is 38.2 Å². The van der Waals surface area contributed by atoms with E-state index in [9.17, 15) is 4.79 Å². The van der Waals surface area contributed by atoms with Crippen molar-refractivity contribution in [3.05, 3.63) is 57.7 Å². The average molecular weight is 298 g/mol. The summed E-state index contributed by atoms with van der Waals surface area (Å²) < 4.78 is 0. The van der Waals surface area contributed by atoms with Gasteiger partial charge >= 0.3 is 5.97 Å². The summed E-state index contributed by atoms with van der Waals surface area (Å²) in [7, 11) is 0. The molecular formula is C16H14N2O2S. The Labute approximate surface area is 125 Å². The van der Waals surface area contributed by atoms with E-state index >= 15 is 0 Å². The standard InChI is InChI=1S/C16H14N2O2S/c1-9(2)14(15-18-13(8-21-15)16(19)20)11-7-17-12-6-4-3-5-10(11)12/h3-8,17H,1-2H3,(H,19,20). The predicted molar refractivity (Wildman–Crippen MR) is 84.7 cm³/mol. The van der Waals surface area contributed by atoms with Crippen molar-refractivity contribution >= 4 is 33.8 Å². The van der Waals surface area contributed by atoms with Gasteiger partial charge < -0.3 is 10.1 Å². The topological polar surface area (TPSA) is 66.0 Å². The maximum Gasteiger partial charge on any atom is 0.355 e. The Hall–Kier alpha value is -2.40. The number of aromatic nitrogens is 2. The maximum absolute atomic E-state index is 11.0. The van der Waals surface area contributed by atoms with E-state index in [-0.39, 0.29) is 5.69 Å². The first-order chi connectivity index (χ1) is 10.1. The van der Waals surface area contributed by atoms with Crippen molar-refractivity contribution in [3.63, 3.8) is 0 Å². The summed E-state index contributed by atoms with van der Waals surface area (Å²) in [4.78, 5) is 18.5. The number of benzene rings is 1. The number of nitrogens with zero attached hydrogens (tertiary/aromatic N) is 1. The fraction of sp³-hybridized carbons (Fsp3) is 0.125. The van der Waals surface area contributed by atoms with Gasteiger partial charge in [-0.25, -0.2) is 9.78 Å². The van der Waals surface area contributed by atoms with E-state index in [1.165, 1.54) is 11.3 Å². The summed E-state index contributed by atoms with van der Waals surface area (Å²) >= 11 is 1.36. The number of hydrogen-bond acceptors (Lipinski definition) is 3. The highest BCUT2D eigenvalue weighted by Gasteiger charge is 2.17. The van der Waals surface area contributed by atoms with Crippen LogP contribution in [-0.2, 0) is 0 Å². The van der Waals surface area contributed by atoms with E-state index in [0.717, 1.165) is 32.6 Å². The summed E-state index contributed by atoms with van der Waals surface area (Å²) in [6, 6.07) is 8.05. The van der Waals surface area contributed by atoms with Crippen LogP contribution in [0.3, 0.4) is 0 Å². The van der Waals surface area contributed by atoms with Crippen LogP contribution in [0.2, 0.25) is 0 Å². The smallest absolute Gasteiger partial charge is 0.355 e. The Balaban J connectivity index is 2.19. The highest BCUT2D eigenvalue weighted by atomic mass is 32.1. The molecule has 0 saturated carbocycles. The zero-order chi connectivity index (χ0) is 15.0. The predicted octanol–water partition coefficient (Wildman–Crippen LogP) is 4.16. The highest BCUT2D eigenvalue weighted by molar-refractivity contribution is 7.11. The number of nitrogens with one attached hydrogen (secondary N) is 1. The van der Waals surface area contributed by atoms with Gasteiger partial charge in [-0.05, 0) is 19.9 Å². The molecule has 21 heavy (non-hydrogen) atoms. The van der Waals surface area contributed by atoms with Crippen molar-refractivity contribution < 1.29 is 9.90 Å². The lowest BCUT2D eigenvalue weighted by atomic mass is 10.0. The number of fused-ring (bicyclic) bond motifs is 1. The van der Waals surface area contributed by atoms with Gasteiger partial charge in [-0.1, -0.05) is 23.8 Å². The number of thiazole rings is 1. The van der Waals surface area contributed by atoms with Gasteiger partial charge in [0, 0.05) is 33.6 Å². The van der Waals surface area contributed by atoms with E-state index < -0.39 is 5.97 Å². The summed E-state index contributed by atoms with van der Waals surface area (Å²) in [5.41, 5.74) is 4.29. The first kappa shape index (κ1) is 13.6. The molecule has 2 heterocycles. The minimum atomic E-state index is -0.996. The minimum absolute atomic E-state index is 0.0913. The molecule has 4 nitrogen and oxygen atoms in total. The fourth-order valence-electron chi connectivity index (χ4n) is 2.36. The maximum atomic E-state index is 11.0. The Morgan fingerprint density at radius 3 is 2.71 bits per heavy atom. The molecular weight excluding hydrogens is 284 g/mol. The van der Waals surface area contributed by atoms with Crippen LogP contribution in [0.5, 0.6) is 0 Å². The third kappa shape index (κ3) is 2.36. The summed E-state index contributed by atoms with van der Waals surface area (Å²) in [5.74, 6) is -0.996. The second-order valence-corrected chi connectivity index (χ2v) is 5.82. The van der Waals surface area contributed by atoms with Crippen LogP contribution in [0, 0.1) is 0 Å². The molecule has 0 amide bonds. The number of carbonyl (C=O) groups is 1. The van der Waals surface area contributed by atoms with Crippen LogP contribution >= 0.6 is 11.3 Å². The number of carboxylic acid groups (broad SMARTS) is 1. The van der Waals surface area contributed by atoms with Crippen molar-refractivity contribution in [1.82, 2.24) is 9.97 Å². The SMILES string of the molecule is CC(C)=C(c1nc(C(=O)O)cs1)c1c[nH]c2ccccc12. The van der Waals surface area contributed by atoms with Crippen molar-refractivity contribution in [2.45, 2.75) is 13.8 Å². The van der Waals surface area contributed by atoms with E-state index in [2.05, 4.69) is 16.0 Å². The lowest BCUT2D eigenvalue weighted by Gasteiger charge is -2.06. The average Bonchev–Trinajstić information content (AvgIpc) is 3.07. The first-order valence-electron chi connectivity index (χ1n) is 6.51. The van der Waals surface area contributed by atoms with Crippen LogP contribution in [0.1, 0.15) is 34.9 Å². The van der Waals surface area contributed by atoms with Crippen molar-refractivity contribution in [2.75, 3.05) is 0 Å². The van der Waals surface area contributed by atoms with Crippen LogP contribution in [0.25, 0.3) is 16.5 Å². The molecule has 5 heteroatoms. The number of aromatic amines is 1. The molecule has 0 atom stereocenters. The largest absolute Gasteiger partial charge is 0.476 e. The molecule has 0 fully saturated rings. The molecule has 0 unspecified atom stereocenters. The summed E-state index contributed by atoms with van der Waals surface area (Å²) in [6.07, 6.45) is 1.95. The molecule has 0 aliphatic rings. The van der Waals surface area contributed by atoms with Crippen molar-refractivity contribution in [3.8, 4) is 0 Å². The van der Waals surface area contributed by atoms with Crippen LogP contribution in [-0.4, -0.2) is 21.0 Å². The van der Waals surface area contributed by atoms with Crippen molar-refractivity contribution in [1.29, 1.82) is 0 Å². The molecule has 3 aromatic rings. The Morgan fingerprint density at radius 1 is 1.29 bits per heavy atom. The van der Waals surface area contributed by atoms with Gasteiger partial charge in [-0.3, -0.25) is 0 Å². The van der Waals surface area contributed by atoms with Gasteiger partial charge in [-0.2, -0.15) is 0 Å². The number of carboxylic acids is 1. The van der Waals surface area contributed by atoms with Gasteiger partial charge in [-0.15, -0.1) is 11.3 Å². The second kappa shape index (κ2) is 5.18. The third-order valence-electron chi connectivity index (χ3n) is 3.30. The molecule has 0 bridgehead atoms. The molecule has 106 valence electrons. The number of rotatable bonds is 3. The second-order valence-electron chi connectivity index (χ2n) is 4.97. The molecule has 0 radical (unpaired) electrons. The van der Waals surface area contributed by atoms with Crippen LogP contribution in [0.15, 0.2) is 41.4 Å². The number of para-hydroxylation sites is 1. The molecule has 0 aliphatic heterocycles. The van der Waals surface area contributed by atoms with Crippen molar-refractivity contribution in [2.24, 2.45) is 0 Å². The molecule has 1 aromatic carbocycles. The molecule has 2 aromatic heterocycles. The van der Waals surface area contributed by atoms with Gasteiger partial charge in [0.1, 0.15) is 5.01 Å². The molecule has 3 rings (SSSR count). The van der Waals surface area contributed by atoms with Gasteiger partial charge in [0.05, 0.1) is 0 Å². The van der Waals surface area contributed by atoms with Gasteiger partial charge in [0.2, 0.25) is 0 Å². The summed E-state index contributed by atoms with van der Waals surface area (Å²) in [5, 5.41) is 12.5. The monoisotopic (exact) mass is 298 g/mol. The zero-order valence-corrected chi connectivity index (χ0v) is 12.5. The van der Waals surface area contributed by atoms with E-state index in [4.69, 9.17) is 5.11 Å². The Morgan fingerprint density at radius 2 is 2.05 bits per heavy atom. The fourth-order valence-corrected chi connectivity index (χ4v) is 3.32. The molecule has 0 saturated heterocycles. The number of hydrogen-bond donors (Lipinski definition) is 2. The number of aromatic carboxylic acids is 1. The van der Waals surface area contributed by atoms with Crippen LogP contribution in [0.4, 0.5) is 0 Å². The minimum Gasteiger partial charge on any atom is -0.476 e. The number of H-pyrrole nitrogens is 1. The summed E-state index contributed by atoms with van der Waals surface area (Å²) in [6.45, 7) is 4.03. The van der Waals surface area contributed by atoms with Crippen LogP contribution < -0.4 is 0 Å². The third-order valence-corrected chi connectivity index (χ3v) is 4.16. The lowest BCUT2D eigenvalue weighted by molar-refractivity contribution is 0.0691. The number of allylic oxidation sites excluding steroid dienone is 1. The quantitative estimate of drug-likeness (QED) is 0.763. The van der Waals surface area contributed by atoms with E-state index in [1.54, 1.807) is 5.38 Å². The highest BCUT2D eigenvalue weighted by Crippen LogP contribution is 2.33. The first-order valence-corrected chi connectivity index (χ1v) is 7.39. The van der Waals surface area contributed by atoms with Gasteiger partial charge in [0.15, 0.2) is 5.69 Å². The lowest BCUT2D eigenvalue weighted by Crippen LogP contribution is -1.97. The molecule has 2 N–H and O–H groups in total. The normalized spacial score (nSPS) is 10.8. The van der Waals surface area contributed by atoms with E-state index in [0.29, 0.717) is 0 Å². The van der Waals surface area contributed by atoms with Gasteiger partial charge in [0.25, 0.3) is 0 Å². The molecule has 0 spiro atoms.